The van der Waals surface area contributed by atoms with Crippen LogP contribution in [-0.2, 0) is 0 Å². The lowest BCUT2D eigenvalue weighted by Crippen LogP contribution is -1.87. The molecule has 0 spiro atoms. The number of unbranched alkanes of at least 4 members (excludes halogenated alkanes) is 2. The highest BCUT2D eigenvalue weighted by molar-refractivity contribution is 5.78. The predicted octanol–water partition coefficient (Wildman–Crippen LogP) is 4.92. The third kappa shape index (κ3) is 2.40. The second-order valence-electron chi connectivity index (χ2n) is 5.56. The van der Waals surface area contributed by atoms with Crippen LogP contribution in [0.1, 0.15) is 50.5 Å². The lowest BCUT2D eigenvalue weighted by atomic mass is 10.1. The van der Waals surface area contributed by atoms with Gasteiger partial charge in [0.25, 0.3) is 0 Å². The molecule has 2 atom stereocenters. The van der Waals surface area contributed by atoms with E-state index in [0.717, 1.165) is 17.4 Å². The topological polar surface area (TPSA) is 12.9 Å². The van der Waals surface area contributed by atoms with Gasteiger partial charge in [0.05, 0.1) is 5.52 Å². The SMILES string of the molecule is CCCCC[C@@H]1C[C@H]1c1cnc2ccccc2c1. The van der Waals surface area contributed by atoms with Crippen LogP contribution in [0.4, 0.5) is 0 Å². The molecule has 1 aliphatic carbocycles. The summed E-state index contributed by atoms with van der Waals surface area (Å²) in [7, 11) is 0. The molecule has 1 nitrogen and oxygen atoms in total. The molecule has 1 aromatic heterocycles. The van der Waals surface area contributed by atoms with Crippen LogP contribution in [-0.4, -0.2) is 4.98 Å². The van der Waals surface area contributed by atoms with Crippen molar-refractivity contribution < 1.29 is 0 Å². The van der Waals surface area contributed by atoms with E-state index in [1.54, 1.807) is 0 Å². The van der Waals surface area contributed by atoms with Crippen molar-refractivity contribution in [3.63, 3.8) is 0 Å². The van der Waals surface area contributed by atoms with Gasteiger partial charge in [0.15, 0.2) is 0 Å². The normalized spacial score (nSPS) is 22.3. The number of benzene rings is 1. The van der Waals surface area contributed by atoms with Crippen molar-refractivity contribution in [3.05, 3.63) is 42.1 Å². The van der Waals surface area contributed by atoms with Gasteiger partial charge in [-0.3, -0.25) is 4.98 Å². The van der Waals surface area contributed by atoms with Gasteiger partial charge >= 0.3 is 0 Å². The molecule has 94 valence electrons. The molecule has 1 aliphatic rings. The fourth-order valence-corrected chi connectivity index (χ4v) is 2.92. The standard InChI is InChI=1S/C17H21N/c1-2-3-4-7-13-11-16(13)15-10-14-8-5-6-9-17(14)18-12-15/h5-6,8-10,12-13,16H,2-4,7,11H2,1H3/t13-,16-/m1/s1. The van der Waals surface area contributed by atoms with Crippen LogP contribution in [0.5, 0.6) is 0 Å². The lowest BCUT2D eigenvalue weighted by Gasteiger charge is -2.03. The molecule has 1 aromatic carbocycles. The van der Waals surface area contributed by atoms with E-state index in [-0.39, 0.29) is 0 Å². The highest BCUT2D eigenvalue weighted by atomic mass is 14.7. The smallest absolute Gasteiger partial charge is 0.0702 e. The first-order valence-electron chi connectivity index (χ1n) is 7.23. The van der Waals surface area contributed by atoms with Gasteiger partial charge < -0.3 is 0 Å². The number of nitrogens with zero attached hydrogens (tertiary/aromatic N) is 1. The Kier molecular flexibility index (Phi) is 3.31. The summed E-state index contributed by atoms with van der Waals surface area (Å²) in [6, 6.07) is 10.7. The number of rotatable bonds is 5. The van der Waals surface area contributed by atoms with E-state index in [4.69, 9.17) is 0 Å². The van der Waals surface area contributed by atoms with Crippen LogP contribution in [0.2, 0.25) is 0 Å². The second kappa shape index (κ2) is 5.09. The summed E-state index contributed by atoms with van der Waals surface area (Å²) in [5.41, 5.74) is 2.57. The van der Waals surface area contributed by atoms with Crippen LogP contribution in [0.25, 0.3) is 10.9 Å². The minimum atomic E-state index is 0.791. The lowest BCUT2D eigenvalue weighted by molar-refractivity contribution is 0.609. The second-order valence-corrected chi connectivity index (χ2v) is 5.56. The first-order valence-corrected chi connectivity index (χ1v) is 7.23. The van der Waals surface area contributed by atoms with Crippen molar-refractivity contribution in [1.82, 2.24) is 4.98 Å². The summed E-state index contributed by atoms with van der Waals surface area (Å²) in [6.07, 6.45) is 8.99. The summed E-state index contributed by atoms with van der Waals surface area (Å²) in [5, 5.41) is 1.29. The molecule has 0 saturated heterocycles. The Morgan fingerprint density at radius 3 is 3.00 bits per heavy atom. The Bertz CT molecular complexity index is 532. The zero-order chi connectivity index (χ0) is 12.4. The molecule has 18 heavy (non-hydrogen) atoms. The van der Waals surface area contributed by atoms with Crippen molar-refractivity contribution in [3.8, 4) is 0 Å². The summed E-state index contributed by atoms with van der Waals surface area (Å²) >= 11 is 0. The molecule has 0 aliphatic heterocycles. The van der Waals surface area contributed by atoms with Crippen LogP contribution in [0.15, 0.2) is 36.5 Å². The van der Waals surface area contributed by atoms with Gasteiger partial charge in [0.1, 0.15) is 0 Å². The molecule has 0 N–H and O–H groups in total. The van der Waals surface area contributed by atoms with Crippen molar-refractivity contribution >= 4 is 10.9 Å². The molecule has 3 rings (SSSR count). The Morgan fingerprint density at radius 1 is 1.22 bits per heavy atom. The van der Waals surface area contributed by atoms with Gasteiger partial charge in [-0.15, -0.1) is 0 Å². The van der Waals surface area contributed by atoms with E-state index in [9.17, 15) is 0 Å². The molecule has 1 heteroatoms. The quantitative estimate of drug-likeness (QED) is 0.675. The van der Waals surface area contributed by atoms with Crippen LogP contribution in [0, 0.1) is 5.92 Å². The van der Waals surface area contributed by atoms with Crippen LogP contribution in [0.3, 0.4) is 0 Å². The average molecular weight is 239 g/mol. The minimum Gasteiger partial charge on any atom is -0.256 e. The predicted molar refractivity (Wildman–Crippen MR) is 76.7 cm³/mol. The number of pyridine rings is 1. The van der Waals surface area contributed by atoms with E-state index < -0.39 is 0 Å². The van der Waals surface area contributed by atoms with Crippen molar-refractivity contribution in [1.29, 1.82) is 0 Å². The van der Waals surface area contributed by atoms with Gasteiger partial charge in [0.2, 0.25) is 0 Å². The molecule has 0 radical (unpaired) electrons. The third-order valence-corrected chi connectivity index (χ3v) is 4.14. The van der Waals surface area contributed by atoms with Gasteiger partial charge in [-0.05, 0) is 42.4 Å². The number of para-hydroxylation sites is 1. The molecular weight excluding hydrogens is 218 g/mol. The Labute approximate surface area is 109 Å². The Hall–Kier alpha value is -1.37. The fourth-order valence-electron chi connectivity index (χ4n) is 2.92. The molecule has 1 fully saturated rings. The van der Waals surface area contributed by atoms with Crippen molar-refractivity contribution in [2.24, 2.45) is 5.92 Å². The molecule has 2 aromatic rings. The molecule has 1 saturated carbocycles. The number of hydrogen-bond donors (Lipinski definition) is 0. The molecule has 0 unspecified atom stereocenters. The van der Waals surface area contributed by atoms with E-state index in [1.807, 2.05) is 0 Å². The summed E-state index contributed by atoms with van der Waals surface area (Å²) in [6.45, 7) is 2.28. The monoisotopic (exact) mass is 239 g/mol. The average Bonchev–Trinajstić information content (AvgIpc) is 3.18. The largest absolute Gasteiger partial charge is 0.256 e. The zero-order valence-electron chi connectivity index (χ0n) is 11.1. The van der Waals surface area contributed by atoms with Crippen molar-refractivity contribution in [2.45, 2.75) is 44.9 Å². The van der Waals surface area contributed by atoms with E-state index >= 15 is 0 Å². The molecule has 1 heterocycles. The van der Waals surface area contributed by atoms with E-state index in [2.05, 4.69) is 48.4 Å². The zero-order valence-corrected chi connectivity index (χ0v) is 11.1. The summed E-state index contributed by atoms with van der Waals surface area (Å²) < 4.78 is 0. The number of hydrogen-bond acceptors (Lipinski definition) is 1. The minimum absolute atomic E-state index is 0.791. The highest BCUT2D eigenvalue weighted by Gasteiger charge is 2.37. The first-order chi connectivity index (χ1) is 8.88. The maximum Gasteiger partial charge on any atom is 0.0702 e. The molecule has 0 bridgehead atoms. The van der Waals surface area contributed by atoms with E-state index in [1.165, 1.54) is 43.1 Å². The molecular formula is C17H21N. The maximum absolute atomic E-state index is 4.57. The van der Waals surface area contributed by atoms with Crippen LogP contribution < -0.4 is 0 Å². The van der Waals surface area contributed by atoms with Gasteiger partial charge in [0, 0.05) is 11.6 Å². The number of fused-ring (bicyclic) bond motifs is 1. The van der Waals surface area contributed by atoms with Gasteiger partial charge in [-0.1, -0.05) is 44.4 Å². The van der Waals surface area contributed by atoms with Gasteiger partial charge in [-0.25, -0.2) is 0 Å². The first kappa shape index (κ1) is 11.7. The Morgan fingerprint density at radius 2 is 2.11 bits per heavy atom. The fraction of sp³-hybridized carbons (Fsp3) is 0.471. The Balaban J connectivity index is 1.69. The summed E-state index contributed by atoms with van der Waals surface area (Å²) in [4.78, 5) is 4.57. The van der Waals surface area contributed by atoms with Crippen molar-refractivity contribution in [2.75, 3.05) is 0 Å². The van der Waals surface area contributed by atoms with Gasteiger partial charge in [-0.2, -0.15) is 0 Å². The molecule has 0 amide bonds. The maximum atomic E-state index is 4.57. The summed E-state index contributed by atoms with van der Waals surface area (Å²) in [5.74, 6) is 1.72. The third-order valence-electron chi connectivity index (χ3n) is 4.14. The highest BCUT2D eigenvalue weighted by Crippen LogP contribution is 2.50. The number of aromatic nitrogens is 1. The van der Waals surface area contributed by atoms with Crippen LogP contribution >= 0.6 is 0 Å². The van der Waals surface area contributed by atoms with E-state index in [0.29, 0.717) is 0 Å².